The van der Waals surface area contributed by atoms with Crippen molar-refractivity contribution in [3.05, 3.63) is 70.3 Å². The molecule has 0 radical (unpaired) electrons. The molecule has 8 heteroatoms. The maximum atomic E-state index is 13.1. The minimum absolute atomic E-state index is 0.0953. The fraction of sp³-hybridized carbons (Fsp3) is 0.273. The Bertz CT molecular complexity index is 1260. The number of amides is 1. The topological polar surface area (TPSA) is 90.5 Å². The second-order valence-corrected chi connectivity index (χ2v) is 7.03. The van der Waals surface area contributed by atoms with E-state index in [0.29, 0.717) is 12.1 Å². The number of carbonyl (C=O) groups excluding carboxylic acids is 1. The summed E-state index contributed by atoms with van der Waals surface area (Å²) in [5, 5.41) is 11.2. The lowest BCUT2D eigenvalue weighted by Crippen LogP contribution is -2.33. The average Bonchev–Trinajstić information content (AvgIpc) is 3.20. The third-order valence-corrected chi connectivity index (χ3v) is 5.00. The highest BCUT2D eigenvalue weighted by Gasteiger charge is 2.17. The number of hydrogen-bond acceptors (Lipinski definition) is 5. The summed E-state index contributed by atoms with van der Waals surface area (Å²) >= 11 is 0. The van der Waals surface area contributed by atoms with E-state index in [4.69, 9.17) is 4.74 Å². The van der Waals surface area contributed by atoms with Gasteiger partial charge in [-0.2, -0.15) is 0 Å². The number of ether oxygens (including phenoxy) is 1. The standard InChI is InChI=1S/C22H23N5O3/c1-3-6-19-24-25-21-22(29)26(17-7-4-5-8-18(17)27(19)21)14-20(28)23-13-15-9-11-16(30-2)12-10-15/h4-5,7-12H,3,6,13-14H2,1-2H3,(H,23,28). The van der Waals surface area contributed by atoms with Gasteiger partial charge >= 0.3 is 0 Å². The molecule has 8 nitrogen and oxygen atoms in total. The molecule has 0 atom stereocenters. The SMILES string of the molecule is CCCc1nnc2c(=O)n(CC(=O)NCc3ccc(OC)cc3)c3ccccc3n12. The molecule has 154 valence electrons. The molecule has 1 N–H and O–H groups in total. The van der Waals surface area contributed by atoms with Crippen LogP contribution in [0, 0.1) is 0 Å². The van der Waals surface area contributed by atoms with Crippen LogP contribution in [0.1, 0.15) is 24.7 Å². The minimum atomic E-state index is -0.330. The predicted molar refractivity (Wildman–Crippen MR) is 114 cm³/mol. The zero-order valence-electron chi connectivity index (χ0n) is 17.0. The zero-order valence-corrected chi connectivity index (χ0v) is 17.0. The first kappa shape index (κ1) is 19.6. The van der Waals surface area contributed by atoms with Crippen LogP contribution >= 0.6 is 0 Å². The van der Waals surface area contributed by atoms with Crippen LogP contribution in [0.4, 0.5) is 0 Å². The predicted octanol–water partition coefficient (Wildman–Crippen LogP) is 2.32. The Hall–Kier alpha value is -3.68. The van der Waals surface area contributed by atoms with Crippen LogP contribution in [-0.2, 0) is 24.3 Å². The summed E-state index contributed by atoms with van der Waals surface area (Å²) in [7, 11) is 1.61. The van der Waals surface area contributed by atoms with Gasteiger partial charge in [0.2, 0.25) is 11.6 Å². The number of hydrogen-bond donors (Lipinski definition) is 1. The van der Waals surface area contributed by atoms with Gasteiger partial charge in [-0.05, 0) is 36.2 Å². The summed E-state index contributed by atoms with van der Waals surface area (Å²) in [6.45, 7) is 2.32. The van der Waals surface area contributed by atoms with E-state index in [9.17, 15) is 9.59 Å². The van der Waals surface area contributed by atoms with Gasteiger partial charge < -0.3 is 10.1 Å². The molecule has 0 aliphatic rings. The van der Waals surface area contributed by atoms with E-state index in [0.717, 1.165) is 35.5 Å². The van der Waals surface area contributed by atoms with Crippen molar-refractivity contribution in [3.63, 3.8) is 0 Å². The Labute approximate surface area is 173 Å². The third kappa shape index (κ3) is 3.63. The van der Waals surface area contributed by atoms with Gasteiger partial charge in [-0.25, -0.2) is 0 Å². The number of nitrogens with zero attached hydrogens (tertiary/aromatic N) is 4. The van der Waals surface area contributed by atoms with E-state index in [2.05, 4.69) is 22.4 Å². The summed E-state index contributed by atoms with van der Waals surface area (Å²) < 4.78 is 8.40. The molecule has 0 aliphatic carbocycles. The molecule has 30 heavy (non-hydrogen) atoms. The van der Waals surface area contributed by atoms with Gasteiger partial charge in [0.05, 0.1) is 18.1 Å². The molecule has 0 spiro atoms. The highest BCUT2D eigenvalue weighted by molar-refractivity contribution is 5.82. The van der Waals surface area contributed by atoms with Gasteiger partial charge in [0.1, 0.15) is 18.1 Å². The maximum absolute atomic E-state index is 13.1. The molecule has 0 saturated carbocycles. The number of aryl methyl sites for hydroxylation is 1. The van der Waals surface area contributed by atoms with E-state index in [1.54, 1.807) is 11.5 Å². The lowest BCUT2D eigenvalue weighted by molar-refractivity contribution is -0.121. The van der Waals surface area contributed by atoms with Crippen molar-refractivity contribution in [1.29, 1.82) is 0 Å². The first-order valence-corrected chi connectivity index (χ1v) is 9.87. The number of para-hydroxylation sites is 2. The highest BCUT2D eigenvalue weighted by Crippen LogP contribution is 2.16. The van der Waals surface area contributed by atoms with Crippen LogP contribution in [-0.4, -0.2) is 32.2 Å². The summed E-state index contributed by atoms with van der Waals surface area (Å²) in [4.78, 5) is 25.7. The summed E-state index contributed by atoms with van der Waals surface area (Å²) in [6, 6.07) is 15.0. The molecular formula is C22H23N5O3. The van der Waals surface area contributed by atoms with Crippen LogP contribution in [0.15, 0.2) is 53.3 Å². The second-order valence-electron chi connectivity index (χ2n) is 7.03. The molecule has 2 heterocycles. The van der Waals surface area contributed by atoms with Crippen LogP contribution in [0.3, 0.4) is 0 Å². The Morgan fingerprint density at radius 2 is 1.80 bits per heavy atom. The van der Waals surface area contributed by atoms with Crippen LogP contribution in [0.2, 0.25) is 0 Å². The molecule has 0 aliphatic heterocycles. The van der Waals surface area contributed by atoms with Crippen LogP contribution in [0.25, 0.3) is 16.7 Å². The van der Waals surface area contributed by atoms with Crippen LogP contribution < -0.4 is 15.6 Å². The smallest absolute Gasteiger partial charge is 0.297 e. The van der Waals surface area contributed by atoms with Crippen molar-refractivity contribution in [2.75, 3.05) is 7.11 Å². The molecule has 2 aromatic carbocycles. The number of carbonyl (C=O) groups is 1. The molecule has 0 unspecified atom stereocenters. The van der Waals surface area contributed by atoms with Gasteiger partial charge in [-0.3, -0.25) is 18.6 Å². The molecule has 2 aromatic heterocycles. The molecule has 1 amide bonds. The Morgan fingerprint density at radius 1 is 1.07 bits per heavy atom. The fourth-order valence-electron chi connectivity index (χ4n) is 3.51. The van der Waals surface area contributed by atoms with Gasteiger partial charge in [-0.15, -0.1) is 10.2 Å². The van der Waals surface area contributed by atoms with Gasteiger partial charge in [0.25, 0.3) is 5.56 Å². The Morgan fingerprint density at radius 3 is 2.50 bits per heavy atom. The average molecular weight is 405 g/mol. The van der Waals surface area contributed by atoms with E-state index in [1.165, 1.54) is 4.57 Å². The molecule has 0 fully saturated rings. The molecule has 4 aromatic rings. The van der Waals surface area contributed by atoms with Gasteiger partial charge in [0.15, 0.2) is 0 Å². The van der Waals surface area contributed by atoms with Crippen molar-refractivity contribution in [3.8, 4) is 5.75 Å². The quantitative estimate of drug-likeness (QED) is 0.510. The second kappa shape index (κ2) is 8.36. The van der Waals surface area contributed by atoms with Crippen molar-refractivity contribution < 1.29 is 9.53 Å². The number of nitrogens with one attached hydrogen (secondary N) is 1. The first-order chi connectivity index (χ1) is 14.6. The number of aromatic nitrogens is 4. The molecule has 4 rings (SSSR count). The number of benzene rings is 2. The van der Waals surface area contributed by atoms with Crippen molar-refractivity contribution in [1.82, 2.24) is 24.5 Å². The zero-order chi connectivity index (χ0) is 21.1. The third-order valence-electron chi connectivity index (χ3n) is 5.00. The lowest BCUT2D eigenvalue weighted by atomic mass is 10.2. The first-order valence-electron chi connectivity index (χ1n) is 9.87. The Kier molecular flexibility index (Phi) is 5.47. The normalized spacial score (nSPS) is 11.1. The summed E-state index contributed by atoms with van der Waals surface area (Å²) in [6.07, 6.45) is 1.61. The largest absolute Gasteiger partial charge is 0.497 e. The van der Waals surface area contributed by atoms with Gasteiger partial charge in [-0.1, -0.05) is 31.2 Å². The minimum Gasteiger partial charge on any atom is -0.497 e. The summed E-state index contributed by atoms with van der Waals surface area (Å²) in [5.41, 5.74) is 2.33. The maximum Gasteiger partial charge on any atom is 0.297 e. The van der Waals surface area contributed by atoms with E-state index in [-0.39, 0.29) is 23.7 Å². The molecule has 0 bridgehead atoms. The lowest BCUT2D eigenvalue weighted by Gasteiger charge is -2.13. The number of rotatable bonds is 7. The Balaban J connectivity index is 1.63. The van der Waals surface area contributed by atoms with Crippen molar-refractivity contribution in [2.24, 2.45) is 0 Å². The monoisotopic (exact) mass is 405 g/mol. The molecule has 0 saturated heterocycles. The fourth-order valence-corrected chi connectivity index (χ4v) is 3.51. The van der Waals surface area contributed by atoms with E-state index < -0.39 is 0 Å². The van der Waals surface area contributed by atoms with E-state index in [1.807, 2.05) is 48.5 Å². The van der Waals surface area contributed by atoms with Gasteiger partial charge in [0, 0.05) is 13.0 Å². The number of methoxy groups -OCH3 is 1. The van der Waals surface area contributed by atoms with Crippen LogP contribution in [0.5, 0.6) is 5.75 Å². The number of fused-ring (bicyclic) bond motifs is 3. The van der Waals surface area contributed by atoms with Crippen molar-refractivity contribution in [2.45, 2.75) is 32.9 Å². The van der Waals surface area contributed by atoms with Crippen molar-refractivity contribution >= 4 is 22.6 Å². The van der Waals surface area contributed by atoms with E-state index >= 15 is 0 Å². The molecular weight excluding hydrogens is 382 g/mol. The highest BCUT2D eigenvalue weighted by atomic mass is 16.5. The summed E-state index contributed by atoms with van der Waals surface area (Å²) in [5.74, 6) is 1.25.